The first-order valence-electron chi connectivity index (χ1n) is 6.72. The molecule has 0 amide bonds. The van der Waals surface area contributed by atoms with Crippen LogP contribution in [0.5, 0.6) is 0 Å². The summed E-state index contributed by atoms with van der Waals surface area (Å²) in [7, 11) is 0. The smallest absolute Gasteiger partial charge is 0.293 e. The highest BCUT2D eigenvalue weighted by molar-refractivity contribution is 6.51. The summed E-state index contributed by atoms with van der Waals surface area (Å²) >= 11 is 0. The van der Waals surface area contributed by atoms with E-state index in [2.05, 4.69) is 37.3 Å². The predicted molar refractivity (Wildman–Crippen MR) is 75.4 cm³/mol. The van der Waals surface area contributed by atoms with E-state index in [1.807, 2.05) is 0 Å². The standard InChI is InChI=1S/C14H24BNO/c1-2-3-10-15(17-13-12-16)11-9-14-7-5-4-6-8-14/h4-8H,2-3,9-13,16H2,1H3. The lowest BCUT2D eigenvalue weighted by atomic mass is 9.59. The molecule has 0 aliphatic rings. The van der Waals surface area contributed by atoms with E-state index in [1.54, 1.807) is 0 Å². The van der Waals surface area contributed by atoms with E-state index in [0.717, 1.165) is 19.1 Å². The van der Waals surface area contributed by atoms with E-state index in [1.165, 1.54) is 18.4 Å². The minimum atomic E-state index is 0.374. The third kappa shape index (κ3) is 6.49. The van der Waals surface area contributed by atoms with Crippen LogP contribution in [0.3, 0.4) is 0 Å². The van der Waals surface area contributed by atoms with Crippen LogP contribution in [0.1, 0.15) is 25.3 Å². The number of aryl methyl sites for hydroxylation is 1. The van der Waals surface area contributed by atoms with Gasteiger partial charge < -0.3 is 10.4 Å². The summed E-state index contributed by atoms with van der Waals surface area (Å²) in [6.45, 7) is 3.90. The minimum Gasteiger partial charge on any atom is -0.435 e. The van der Waals surface area contributed by atoms with Gasteiger partial charge in [0.05, 0.1) is 0 Å². The second-order valence-electron chi connectivity index (χ2n) is 4.45. The van der Waals surface area contributed by atoms with Crippen molar-refractivity contribution in [3.05, 3.63) is 35.9 Å². The Balaban J connectivity index is 2.31. The SMILES string of the molecule is CCCCB(CCc1ccccc1)OCCN. The maximum Gasteiger partial charge on any atom is 0.293 e. The van der Waals surface area contributed by atoms with Crippen molar-refractivity contribution >= 4 is 6.92 Å². The minimum absolute atomic E-state index is 0.374. The largest absolute Gasteiger partial charge is 0.435 e. The Hall–Kier alpha value is -0.795. The van der Waals surface area contributed by atoms with Crippen molar-refractivity contribution in [3.63, 3.8) is 0 Å². The van der Waals surface area contributed by atoms with Crippen molar-refractivity contribution in [1.29, 1.82) is 0 Å². The molecule has 0 atom stereocenters. The fourth-order valence-electron chi connectivity index (χ4n) is 1.95. The van der Waals surface area contributed by atoms with Gasteiger partial charge in [-0.15, -0.1) is 0 Å². The molecule has 0 unspecified atom stereocenters. The van der Waals surface area contributed by atoms with Crippen molar-refractivity contribution in [2.24, 2.45) is 5.73 Å². The summed E-state index contributed by atoms with van der Waals surface area (Å²) in [6, 6.07) is 10.6. The van der Waals surface area contributed by atoms with E-state index in [0.29, 0.717) is 20.1 Å². The lowest BCUT2D eigenvalue weighted by molar-refractivity contribution is 0.327. The Morgan fingerprint density at radius 1 is 1.18 bits per heavy atom. The highest BCUT2D eigenvalue weighted by atomic mass is 16.4. The van der Waals surface area contributed by atoms with Crippen LogP contribution in [0.15, 0.2) is 30.3 Å². The molecule has 1 rings (SSSR count). The van der Waals surface area contributed by atoms with Crippen molar-refractivity contribution in [3.8, 4) is 0 Å². The molecule has 1 aromatic carbocycles. The summed E-state index contributed by atoms with van der Waals surface area (Å²) in [6.07, 6.45) is 5.82. The Kier molecular flexibility index (Phi) is 7.77. The first kappa shape index (κ1) is 14.3. The van der Waals surface area contributed by atoms with Gasteiger partial charge in [-0.25, -0.2) is 0 Å². The Bertz CT molecular complexity index is 271. The average molecular weight is 233 g/mol. The molecular formula is C14H24BNO. The number of rotatable bonds is 9. The van der Waals surface area contributed by atoms with Gasteiger partial charge in [0.15, 0.2) is 0 Å². The number of nitrogens with two attached hydrogens (primary N) is 1. The van der Waals surface area contributed by atoms with Crippen LogP contribution in [0.2, 0.25) is 12.6 Å². The molecule has 17 heavy (non-hydrogen) atoms. The number of hydrogen-bond donors (Lipinski definition) is 1. The third-order valence-electron chi connectivity index (χ3n) is 2.95. The van der Waals surface area contributed by atoms with Crippen molar-refractivity contribution in [1.82, 2.24) is 0 Å². The normalized spacial score (nSPS) is 10.5. The monoisotopic (exact) mass is 233 g/mol. The van der Waals surface area contributed by atoms with Crippen LogP contribution in [-0.4, -0.2) is 20.1 Å². The first-order valence-corrected chi connectivity index (χ1v) is 6.72. The molecule has 0 spiro atoms. The van der Waals surface area contributed by atoms with E-state index in [4.69, 9.17) is 10.4 Å². The lowest BCUT2D eigenvalue weighted by Crippen LogP contribution is -2.22. The molecule has 3 heteroatoms. The molecule has 0 fully saturated rings. The fraction of sp³-hybridized carbons (Fsp3) is 0.571. The van der Waals surface area contributed by atoms with Gasteiger partial charge in [-0.1, -0.05) is 50.1 Å². The van der Waals surface area contributed by atoms with E-state index in [9.17, 15) is 0 Å². The van der Waals surface area contributed by atoms with Crippen molar-refractivity contribution in [2.45, 2.75) is 38.8 Å². The molecule has 0 heterocycles. The molecule has 2 nitrogen and oxygen atoms in total. The zero-order valence-electron chi connectivity index (χ0n) is 10.9. The van der Waals surface area contributed by atoms with E-state index >= 15 is 0 Å². The molecule has 2 N–H and O–H groups in total. The summed E-state index contributed by atoms with van der Waals surface area (Å²) in [5.41, 5.74) is 6.88. The van der Waals surface area contributed by atoms with Crippen LogP contribution in [0.25, 0.3) is 0 Å². The number of benzene rings is 1. The zero-order valence-corrected chi connectivity index (χ0v) is 10.9. The Labute approximate surface area is 106 Å². The molecule has 0 aliphatic heterocycles. The van der Waals surface area contributed by atoms with Crippen LogP contribution in [0.4, 0.5) is 0 Å². The van der Waals surface area contributed by atoms with E-state index < -0.39 is 0 Å². The van der Waals surface area contributed by atoms with Crippen LogP contribution >= 0.6 is 0 Å². The van der Waals surface area contributed by atoms with Gasteiger partial charge in [0.2, 0.25) is 0 Å². The summed E-state index contributed by atoms with van der Waals surface area (Å²) in [4.78, 5) is 0. The molecule has 0 saturated heterocycles. The van der Waals surface area contributed by atoms with Gasteiger partial charge in [0.25, 0.3) is 6.92 Å². The van der Waals surface area contributed by atoms with Crippen LogP contribution < -0.4 is 5.73 Å². The zero-order chi connectivity index (χ0) is 12.3. The summed E-state index contributed by atoms with van der Waals surface area (Å²) < 4.78 is 5.79. The van der Waals surface area contributed by atoms with Gasteiger partial charge in [-0.3, -0.25) is 0 Å². The average Bonchev–Trinajstić information content (AvgIpc) is 2.39. The van der Waals surface area contributed by atoms with Gasteiger partial charge in [-0.05, 0) is 24.6 Å². The van der Waals surface area contributed by atoms with Gasteiger partial charge in [0.1, 0.15) is 0 Å². The molecule has 94 valence electrons. The maximum absolute atomic E-state index is 5.79. The van der Waals surface area contributed by atoms with E-state index in [-0.39, 0.29) is 0 Å². The highest BCUT2D eigenvalue weighted by Gasteiger charge is 2.14. The maximum atomic E-state index is 5.79. The Morgan fingerprint density at radius 3 is 2.59 bits per heavy atom. The molecule has 1 aromatic rings. The molecule has 0 bridgehead atoms. The van der Waals surface area contributed by atoms with Gasteiger partial charge in [0, 0.05) is 13.2 Å². The number of hydrogen-bond acceptors (Lipinski definition) is 2. The molecule has 0 radical (unpaired) electrons. The fourth-order valence-corrected chi connectivity index (χ4v) is 1.95. The molecule has 0 aromatic heterocycles. The second kappa shape index (κ2) is 9.26. The lowest BCUT2D eigenvalue weighted by Gasteiger charge is -2.13. The second-order valence-corrected chi connectivity index (χ2v) is 4.45. The topological polar surface area (TPSA) is 35.2 Å². The molecule has 0 saturated carbocycles. The quantitative estimate of drug-likeness (QED) is 0.665. The molecular weight excluding hydrogens is 209 g/mol. The Morgan fingerprint density at radius 2 is 1.94 bits per heavy atom. The highest BCUT2D eigenvalue weighted by Crippen LogP contribution is 2.11. The summed E-state index contributed by atoms with van der Waals surface area (Å²) in [5.74, 6) is 0. The predicted octanol–water partition coefficient (Wildman–Crippen LogP) is 3.00. The third-order valence-corrected chi connectivity index (χ3v) is 2.95. The summed E-state index contributed by atoms with van der Waals surface area (Å²) in [5, 5.41) is 0. The van der Waals surface area contributed by atoms with Crippen molar-refractivity contribution in [2.75, 3.05) is 13.2 Å². The van der Waals surface area contributed by atoms with Crippen LogP contribution in [-0.2, 0) is 11.1 Å². The molecule has 0 aliphatic carbocycles. The number of unbranched alkanes of at least 4 members (excludes halogenated alkanes) is 1. The van der Waals surface area contributed by atoms with Gasteiger partial charge >= 0.3 is 0 Å². The first-order chi connectivity index (χ1) is 8.36. The van der Waals surface area contributed by atoms with Crippen LogP contribution in [0, 0.1) is 0 Å². The van der Waals surface area contributed by atoms with Gasteiger partial charge in [-0.2, -0.15) is 0 Å². The van der Waals surface area contributed by atoms with Crippen molar-refractivity contribution < 1.29 is 4.65 Å².